The van der Waals surface area contributed by atoms with Crippen LogP contribution in [0.2, 0.25) is 0 Å². The van der Waals surface area contributed by atoms with Crippen LogP contribution < -0.4 is 15.0 Å². The van der Waals surface area contributed by atoms with Crippen LogP contribution in [-0.2, 0) is 9.53 Å². The summed E-state index contributed by atoms with van der Waals surface area (Å²) >= 11 is 0. The summed E-state index contributed by atoms with van der Waals surface area (Å²) in [6, 6.07) is 3.96. The third kappa shape index (κ3) is 6.97. The van der Waals surface area contributed by atoms with Gasteiger partial charge in [-0.15, -0.1) is 0 Å². The Morgan fingerprint density at radius 3 is 2.54 bits per heavy atom. The summed E-state index contributed by atoms with van der Waals surface area (Å²) in [4.78, 5) is 38.1. The van der Waals surface area contributed by atoms with Crippen molar-refractivity contribution in [2.24, 2.45) is 23.2 Å². The van der Waals surface area contributed by atoms with E-state index < -0.39 is 5.82 Å². The zero-order valence-corrected chi connectivity index (χ0v) is 24.4. The average Bonchev–Trinajstić information content (AvgIpc) is 2.96. The van der Waals surface area contributed by atoms with E-state index in [1.807, 2.05) is 13.8 Å². The maximum atomic E-state index is 14.0. The highest BCUT2D eigenvalue weighted by Crippen LogP contribution is 2.45. The third-order valence-corrected chi connectivity index (χ3v) is 8.90. The molecule has 1 aliphatic carbocycles. The second kappa shape index (κ2) is 12.7. The Labute approximate surface area is 241 Å². The zero-order valence-electron chi connectivity index (χ0n) is 24.4. The third-order valence-electron chi connectivity index (χ3n) is 8.90. The van der Waals surface area contributed by atoms with Crippen LogP contribution in [0.1, 0.15) is 62.7 Å². The van der Waals surface area contributed by atoms with Gasteiger partial charge in [-0.1, -0.05) is 13.8 Å². The van der Waals surface area contributed by atoms with E-state index in [2.05, 4.69) is 25.1 Å². The Kier molecular flexibility index (Phi) is 9.06. The fraction of sp³-hybridized carbons (Fsp3) is 0.613. The van der Waals surface area contributed by atoms with Crippen LogP contribution in [0.4, 0.5) is 10.2 Å². The monoisotopic (exact) mass is 567 g/mol. The minimum Gasteiger partial charge on any atom is -0.469 e. The molecule has 9 nitrogen and oxygen atoms in total. The molecule has 0 unspecified atom stereocenters. The number of rotatable bonds is 9. The molecule has 222 valence electrons. The molecule has 1 aromatic heterocycles. The molecule has 1 amide bonds. The fourth-order valence-corrected chi connectivity index (χ4v) is 6.45. The number of benzene rings is 1. The molecular weight excluding hydrogens is 525 g/mol. The van der Waals surface area contributed by atoms with Gasteiger partial charge in [-0.25, -0.2) is 14.4 Å². The van der Waals surface area contributed by atoms with Crippen molar-refractivity contribution in [3.63, 3.8) is 0 Å². The van der Waals surface area contributed by atoms with Gasteiger partial charge < -0.3 is 24.6 Å². The summed E-state index contributed by atoms with van der Waals surface area (Å²) in [5, 5.41) is 2.84. The number of halogens is 1. The molecule has 41 heavy (non-hydrogen) atoms. The molecule has 1 aromatic carbocycles. The summed E-state index contributed by atoms with van der Waals surface area (Å²) < 4.78 is 25.1. The van der Waals surface area contributed by atoms with Crippen molar-refractivity contribution in [1.29, 1.82) is 0 Å². The number of methoxy groups -OCH3 is 1. The number of likely N-dealkylation sites (tertiary alicyclic amines) is 1. The van der Waals surface area contributed by atoms with E-state index >= 15 is 0 Å². The first-order valence-corrected chi connectivity index (χ1v) is 14.9. The van der Waals surface area contributed by atoms with Crippen molar-refractivity contribution in [3.8, 4) is 11.5 Å². The molecule has 2 aromatic rings. The quantitative estimate of drug-likeness (QED) is 0.437. The molecule has 3 heterocycles. The molecule has 1 spiro atoms. The van der Waals surface area contributed by atoms with E-state index in [-0.39, 0.29) is 40.4 Å². The van der Waals surface area contributed by atoms with Crippen molar-refractivity contribution in [2.75, 3.05) is 51.3 Å². The van der Waals surface area contributed by atoms with Crippen LogP contribution in [0, 0.1) is 29.0 Å². The largest absolute Gasteiger partial charge is 0.469 e. The van der Waals surface area contributed by atoms with Crippen LogP contribution in [0.15, 0.2) is 30.7 Å². The lowest BCUT2D eigenvalue weighted by atomic mass is 9.71. The highest BCUT2D eigenvalue weighted by molar-refractivity contribution is 5.97. The maximum absolute atomic E-state index is 14.0. The van der Waals surface area contributed by atoms with Crippen molar-refractivity contribution < 1.29 is 23.5 Å². The first kappa shape index (κ1) is 29.2. The van der Waals surface area contributed by atoms with Gasteiger partial charge in [-0.2, -0.15) is 0 Å². The lowest BCUT2D eigenvalue weighted by molar-refractivity contribution is -0.146. The number of hydrogen-bond donors (Lipinski definition) is 1. The molecule has 1 N–H and O–H groups in total. The molecule has 3 aliphatic rings. The summed E-state index contributed by atoms with van der Waals surface area (Å²) in [5.41, 5.74) is 0.408. The van der Waals surface area contributed by atoms with Gasteiger partial charge >= 0.3 is 5.97 Å². The predicted molar refractivity (Wildman–Crippen MR) is 153 cm³/mol. The maximum Gasteiger partial charge on any atom is 0.308 e. The van der Waals surface area contributed by atoms with Gasteiger partial charge in [-0.05, 0) is 81.6 Å². The van der Waals surface area contributed by atoms with Gasteiger partial charge in [-0.3, -0.25) is 9.59 Å². The number of nitrogens with one attached hydrogen (secondary N) is 1. The highest BCUT2D eigenvalue weighted by Gasteiger charge is 2.46. The number of piperidine rings is 1. The predicted octanol–water partition coefficient (Wildman–Crippen LogP) is 4.68. The summed E-state index contributed by atoms with van der Waals surface area (Å²) in [5.74, 6) is 1.49. The minimum atomic E-state index is -0.499. The van der Waals surface area contributed by atoms with Gasteiger partial charge in [0.15, 0.2) is 11.6 Å². The number of hydrogen-bond acceptors (Lipinski definition) is 8. The number of anilines is 1. The number of amides is 1. The average molecular weight is 568 g/mol. The van der Waals surface area contributed by atoms with Crippen molar-refractivity contribution in [1.82, 2.24) is 20.2 Å². The molecule has 10 heteroatoms. The molecule has 5 rings (SSSR count). The molecule has 0 bridgehead atoms. The molecular formula is C31H42FN5O4. The standard InChI is InChI=1S/C31H42FN5O4/c1-21(2)15-34-29(38)25-14-24(32)8-9-26(25)41-27-16-33-20-35-28(27)37-18-31(19-37)10-12-36(13-11-31)17-22-4-6-23(7-5-22)30(39)40-3/h8-9,14,16,20-23H,4-7,10-13,15,17-19H2,1-3H3,(H,34,38). The van der Waals surface area contributed by atoms with Gasteiger partial charge in [0.1, 0.15) is 17.9 Å². The number of carbonyl (C=O) groups is 2. The fourth-order valence-electron chi connectivity index (χ4n) is 6.45. The minimum absolute atomic E-state index is 0.0552. The van der Waals surface area contributed by atoms with Crippen molar-refractivity contribution in [2.45, 2.75) is 52.4 Å². The van der Waals surface area contributed by atoms with Crippen molar-refractivity contribution >= 4 is 17.7 Å². The summed E-state index contributed by atoms with van der Waals surface area (Å²) in [6.07, 6.45) is 9.46. The van der Waals surface area contributed by atoms with E-state index in [0.717, 1.165) is 71.2 Å². The molecule has 0 radical (unpaired) electrons. The van der Waals surface area contributed by atoms with E-state index in [9.17, 15) is 14.0 Å². The number of ether oxygens (including phenoxy) is 2. The molecule has 1 saturated carbocycles. The Balaban J connectivity index is 1.16. The smallest absolute Gasteiger partial charge is 0.308 e. The van der Waals surface area contributed by atoms with Gasteiger partial charge in [0.25, 0.3) is 5.91 Å². The summed E-state index contributed by atoms with van der Waals surface area (Å²) in [7, 11) is 1.48. The van der Waals surface area contributed by atoms with E-state index in [1.165, 1.54) is 31.6 Å². The lowest BCUT2D eigenvalue weighted by Crippen LogP contribution is -2.61. The van der Waals surface area contributed by atoms with E-state index in [0.29, 0.717) is 24.0 Å². The molecule has 0 atom stereocenters. The summed E-state index contributed by atoms with van der Waals surface area (Å²) in [6.45, 7) is 9.55. The number of carbonyl (C=O) groups excluding carboxylic acids is 2. The highest BCUT2D eigenvalue weighted by atomic mass is 19.1. The van der Waals surface area contributed by atoms with Gasteiger partial charge in [0.05, 0.1) is 24.8 Å². The Morgan fingerprint density at radius 1 is 1.12 bits per heavy atom. The Hall–Kier alpha value is -3.27. The first-order valence-electron chi connectivity index (χ1n) is 14.9. The van der Waals surface area contributed by atoms with Gasteiger partial charge in [0.2, 0.25) is 0 Å². The molecule has 3 fully saturated rings. The second-order valence-electron chi connectivity index (χ2n) is 12.5. The Morgan fingerprint density at radius 2 is 1.85 bits per heavy atom. The van der Waals surface area contributed by atoms with Crippen LogP contribution in [0.25, 0.3) is 0 Å². The molecule has 2 saturated heterocycles. The van der Waals surface area contributed by atoms with Crippen LogP contribution in [0.3, 0.4) is 0 Å². The second-order valence-corrected chi connectivity index (χ2v) is 12.5. The van der Waals surface area contributed by atoms with Gasteiger partial charge in [0, 0.05) is 31.6 Å². The number of esters is 1. The number of nitrogens with zero attached hydrogens (tertiary/aromatic N) is 4. The van der Waals surface area contributed by atoms with Crippen LogP contribution >= 0.6 is 0 Å². The SMILES string of the molecule is COC(=O)C1CCC(CN2CCC3(CC2)CN(c2ncncc2Oc2ccc(F)cc2C(=O)NCC(C)C)C3)CC1. The van der Waals surface area contributed by atoms with Crippen LogP contribution in [-0.4, -0.2) is 73.1 Å². The Bertz CT molecular complexity index is 1220. The van der Waals surface area contributed by atoms with E-state index in [4.69, 9.17) is 9.47 Å². The zero-order chi connectivity index (χ0) is 29.0. The van der Waals surface area contributed by atoms with E-state index in [1.54, 1.807) is 6.20 Å². The first-order chi connectivity index (χ1) is 19.7. The van der Waals surface area contributed by atoms with Crippen LogP contribution in [0.5, 0.6) is 11.5 Å². The number of aromatic nitrogens is 2. The topological polar surface area (TPSA) is 96.9 Å². The van der Waals surface area contributed by atoms with Crippen molar-refractivity contribution in [3.05, 3.63) is 42.1 Å². The molecule has 2 aliphatic heterocycles. The lowest BCUT2D eigenvalue weighted by Gasteiger charge is -2.54. The normalized spacial score (nSPS) is 22.3.